The van der Waals surface area contributed by atoms with E-state index in [1.165, 1.54) is 4.90 Å². The van der Waals surface area contributed by atoms with Crippen LogP contribution in [0.1, 0.15) is 49.4 Å². The molecule has 0 aliphatic carbocycles. The Morgan fingerprint density at radius 3 is 2.50 bits per heavy atom. The van der Waals surface area contributed by atoms with E-state index in [1.807, 2.05) is 6.07 Å². The summed E-state index contributed by atoms with van der Waals surface area (Å²) in [4.78, 5) is 32.2. The van der Waals surface area contributed by atoms with Crippen molar-refractivity contribution in [2.24, 2.45) is 5.92 Å². The zero-order valence-corrected chi connectivity index (χ0v) is 14.1. The second kappa shape index (κ2) is 7.20. The molecule has 1 amide bonds. The van der Waals surface area contributed by atoms with E-state index >= 15 is 0 Å². The topological polar surface area (TPSA) is 73.7 Å². The van der Waals surface area contributed by atoms with Crippen molar-refractivity contribution in [3.63, 3.8) is 0 Å². The second-order valence-corrected chi connectivity index (χ2v) is 6.92. The standard InChI is InChI=1S/C18H25N3O3/c1-13-7-10-20(11-8-13)16-6-5-14(12-19-16)17(22)21-9-3-2-4-15(21)18(23)24/h5-6,12-13,15H,2-4,7-11H2,1H3,(H,23,24). The van der Waals surface area contributed by atoms with Crippen LogP contribution >= 0.6 is 0 Å². The normalized spacial score (nSPS) is 22.5. The number of nitrogens with zero attached hydrogens (tertiary/aromatic N) is 3. The fraction of sp³-hybridized carbons (Fsp3) is 0.611. The van der Waals surface area contributed by atoms with Crippen molar-refractivity contribution in [3.8, 4) is 0 Å². The van der Waals surface area contributed by atoms with E-state index in [0.717, 1.165) is 50.5 Å². The molecular formula is C18H25N3O3. The summed E-state index contributed by atoms with van der Waals surface area (Å²) >= 11 is 0. The molecule has 1 N–H and O–H groups in total. The van der Waals surface area contributed by atoms with Gasteiger partial charge < -0.3 is 14.9 Å². The molecule has 1 aromatic rings. The van der Waals surface area contributed by atoms with Crippen LogP contribution in [0.4, 0.5) is 5.82 Å². The van der Waals surface area contributed by atoms with Crippen LogP contribution in [0.25, 0.3) is 0 Å². The third-order valence-corrected chi connectivity index (χ3v) is 5.15. The number of carbonyl (C=O) groups excluding carboxylic acids is 1. The molecule has 6 nitrogen and oxygen atoms in total. The number of hydrogen-bond donors (Lipinski definition) is 1. The minimum atomic E-state index is -0.921. The Labute approximate surface area is 142 Å². The van der Waals surface area contributed by atoms with E-state index in [9.17, 15) is 14.7 Å². The predicted molar refractivity (Wildman–Crippen MR) is 91.2 cm³/mol. The quantitative estimate of drug-likeness (QED) is 0.920. The fourth-order valence-electron chi connectivity index (χ4n) is 3.53. The van der Waals surface area contributed by atoms with Gasteiger partial charge in [-0.3, -0.25) is 4.79 Å². The molecular weight excluding hydrogens is 306 g/mol. The van der Waals surface area contributed by atoms with Crippen molar-refractivity contribution in [2.45, 2.75) is 45.1 Å². The number of carboxylic acid groups (broad SMARTS) is 1. The molecule has 24 heavy (non-hydrogen) atoms. The van der Waals surface area contributed by atoms with Crippen LogP contribution in [0, 0.1) is 5.92 Å². The van der Waals surface area contributed by atoms with Gasteiger partial charge in [-0.05, 0) is 50.2 Å². The minimum absolute atomic E-state index is 0.228. The van der Waals surface area contributed by atoms with E-state index in [0.29, 0.717) is 18.5 Å². The molecule has 0 radical (unpaired) electrons. The number of aromatic nitrogens is 1. The van der Waals surface area contributed by atoms with Crippen molar-refractivity contribution < 1.29 is 14.7 Å². The largest absolute Gasteiger partial charge is 0.480 e. The van der Waals surface area contributed by atoms with Crippen LogP contribution in [0.5, 0.6) is 0 Å². The lowest BCUT2D eigenvalue weighted by molar-refractivity contribution is -0.143. The number of anilines is 1. The molecule has 1 aromatic heterocycles. The van der Waals surface area contributed by atoms with Crippen LogP contribution in [0.3, 0.4) is 0 Å². The Morgan fingerprint density at radius 1 is 1.12 bits per heavy atom. The monoisotopic (exact) mass is 331 g/mol. The minimum Gasteiger partial charge on any atom is -0.480 e. The van der Waals surface area contributed by atoms with Gasteiger partial charge in [0.1, 0.15) is 11.9 Å². The van der Waals surface area contributed by atoms with Gasteiger partial charge in [-0.1, -0.05) is 6.92 Å². The number of piperidine rings is 2. The number of carboxylic acids is 1. The summed E-state index contributed by atoms with van der Waals surface area (Å²) in [5.41, 5.74) is 0.470. The fourth-order valence-corrected chi connectivity index (χ4v) is 3.53. The Kier molecular flexibility index (Phi) is 5.02. The van der Waals surface area contributed by atoms with Crippen LogP contribution in [-0.4, -0.2) is 52.5 Å². The Morgan fingerprint density at radius 2 is 1.88 bits per heavy atom. The van der Waals surface area contributed by atoms with E-state index < -0.39 is 12.0 Å². The first-order chi connectivity index (χ1) is 11.6. The molecule has 0 bridgehead atoms. The highest BCUT2D eigenvalue weighted by Crippen LogP contribution is 2.23. The molecule has 130 valence electrons. The average Bonchev–Trinajstić information content (AvgIpc) is 2.62. The SMILES string of the molecule is CC1CCN(c2ccc(C(=O)N3CCCCC3C(=O)O)cn2)CC1. The molecule has 2 aliphatic heterocycles. The summed E-state index contributed by atoms with van der Waals surface area (Å²) in [6, 6.07) is 2.94. The predicted octanol–water partition coefficient (Wildman–Crippen LogP) is 2.40. The van der Waals surface area contributed by atoms with Crippen LogP contribution < -0.4 is 4.90 Å². The summed E-state index contributed by atoms with van der Waals surface area (Å²) in [6.45, 7) is 4.76. The van der Waals surface area contributed by atoms with E-state index in [1.54, 1.807) is 12.3 Å². The van der Waals surface area contributed by atoms with Gasteiger partial charge in [-0.25, -0.2) is 9.78 Å². The van der Waals surface area contributed by atoms with Crippen molar-refractivity contribution in [3.05, 3.63) is 23.9 Å². The first-order valence-corrected chi connectivity index (χ1v) is 8.81. The number of hydrogen-bond acceptors (Lipinski definition) is 4. The van der Waals surface area contributed by atoms with Crippen molar-refractivity contribution in [1.29, 1.82) is 0 Å². The van der Waals surface area contributed by atoms with Crippen LogP contribution in [-0.2, 0) is 4.79 Å². The van der Waals surface area contributed by atoms with Gasteiger partial charge in [0.15, 0.2) is 0 Å². The average molecular weight is 331 g/mol. The van der Waals surface area contributed by atoms with Crippen molar-refractivity contribution in [1.82, 2.24) is 9.88 Å². The van der Waals surface area contributed by atoms with Gasteiger partial charge >= 0.3 is 5.97 Å². The molecule has 0 aromatic carbocycles. The number of amides is 1. The lowest BCUT2D eigenvalue weighted by Gasteiger charge is -2.33. The third-order valence-electron chi connectivity index (χ3n) is 5.15. The zero-order valence-electron chi connectivity index (χ0n) is 14.1. The molecule has 1 atom stereocenters. The molecule has 0 spiro atoms. The number of rotatable bonds is 3. The van der Waals surface area contributed by atoms with E-state index in [4.69, 9.17) is 0 Å². The molecule has 6 heteroatoms. The first kappa shape index (κ1) is 16.7. The molecule has 3 heterocycles. The van der Waals surface area contributed by atoms with Crippen molar-refractivity contribution >= 4 is 17.7 Å². The van der Waals surface area contributed by atoms with Gasteiger partial charge in [-0.2, -0.15) is 0 Å². The summed E-state index contributed by atoms with van der Waals surface area (Å²) in [5.74, 6) is 0.504. The van der Waals surface area contributed by atoms with Gasteiger partial charge in [0, 0.05) is 25.8 Å². The maximum atomic E-state index is 12.7. The molecule has 2 saturated heterocycles. The van der Waals surface area contributed by atoms with Crippen LogP contribution in [0.15, 0.2) is 18.3 Å². The number of carbonyl (C=O) groups is 2. The number of aliphatic carboxylic acids is 1. The van der Waals surface area contributed by atoms with E-state index in [-0.39, 0.29) is 5.91 Å². The van der Waals surface area contributed by atoms with E-state index in [2.05, 4.69) is 16.8 Å². The highest BCUT2D eigenvalue weighted by molar-refractivity contribution is 5.96. The molecule has 2 aliphatic rings. The Balaban J connectivity index is 1.70. The number of likely N-dealkylation sites (tertiary alicyclic amines) is 1. The van der Waals surface area contributed by atoms with Gasteiger partial charge in [-0.15, -0.1) is 0 Å². The summed E-state index contributed by atoms with van der Waals surface area (Å²) in [7, 11) is 0. The summed E-state index contributed by atoms with van der Waals surface area (Å²) in [5, 5.41) is 9.32. The highest BCUT2D eigenvalue weighted by atomic mass is 16.4. The molecule has 2 fully saturated rings. The van der Waals surface area contributed by atoms with Gasteiger partial charge in [0.05, 0.1) is 5.56 Å². The Hall–Kier alpha value is -2.11. The van der Waals surface area contributed by atoms with Gasteiger partial charge in [0.25, 0.3) is 5.91 Å². The maximum absolute atomic E-state index is 12.7. The molecule has 0 saturated carbocycles. The lowest BCUT2D eigenvalue weighted by atomic mass is 9.99. The third kappa shape index (κ3) is 3.52. The second-order valence-electron chi connectivity index (χ2n) is 6.92. The summed E-state index contributed by atoms with van der Waals surface area (Å²) in [6.07, 6.45) is 6.15. The van der Waals surface area contributed by atoms with Crippen molar-refractivity contribution in [2.75, 3.05) is 24.5 Å². The van der Waals surface area contributed by atoms with Gasteiger partial charge in [0.2, 0.25) is 0 Å². The summed E-state index contributed by atoms with van der Waals surface area (Å²) < 4.78 is 0. The Bertz CT molecular complexity index is 594. The first-order valence-electron chi connectivity index (χ1n) is 8.81. The molecule has 1 unspecified atom stereocenters. The molecule has 3 rings (SSSR count). The lowest BCUT2D eigenvalue weighted by Crippen LogP contribution is -2.48. The zero-order chi connectivity index (χ0) is 17.1. The maximum Gasteiger partial charge on any atom is 0.326 e. The van der Waals surface area contributed by atoms with Crippen LogP contribution in [0.2, 0.25) is 0 Å². The smallest absolute Gasteiger partial charge is 0.326 e. The highest BCUT2D eigenvalue weighted by Gasteiger charge is 2.32. The number of pyridine rings is 1.